The molecule has 0 atom stereocenters. The minimum atomic E-state index is -3.47. The number of aliphatic hydroxyl groups excluding tert-OH is 1. The van der Waals surface area contributed by atoms with Crippen molar-refractivity contribution >= 4 is 10.0 Å². The van der Waals surface area contributed by atoms with Gasteiger partial charge < -0.3 is 5.11 Å². The Morgan fingerprint density at radius 3 is 2.62 bits per heavy atom. The summed E-state index contributed by atoms with van der Waals surface area (Å²) < 4.78 is 26.8. The summed E-state index contributed by atoms with van der Waals surface area (Å²) in [7, 11) is -3.47. The summed E-state index contributed by atoms with van der Waals surface area (Å²) in [6.07, 6.45) is 3.25. The Morgan fingerprint density at radius 1 is 1.33 bits per heavy atom. The van der Waals surface area contributed by atoms with Crippen LogP contribution in [-0.4, -0.2) is 37.0 Å². The first-order valence-electron chi connectivity index (χ1n) is 7.17. The minimum Gasteiger partial charge on any atom is -0.396 e. The Labute approximate surface area is 125 Å². The molecule has 1 fully saturated rings. The maximum atomic E-state index is 12.6. The van der Waals surface area contributed by atoms with Gasteiger partial charge in [0.25, 0.3) is 0 Å². The first-order valence-corrected chi connectivity index (χ1v) is 8.78. The molecule has 0 radical (unpaired) electrons. The van der Waals surface area contributed by atoms with Crippen LogP contribution in [0.4, 0.5) is 0 Å². The van der Waals surface area contributed by atoms with Crippen molar-refractivity contribution < 1.29 is 13.5 Å². The van der Waals surface area contributed by atoms with Gasteiger partial charge in [0.1, 0.15) is 0 Å². The number of benzene rings is 1. The quantitative estimate of drug-likeness (QED) is 0.830. The molecule has 114 valence electrons. The molecule has 1 N–H and O–H groups in total. The molecule has 0 heterocycles. The van der Waals surface area contributed by atoms with E-state index < -0.39 is 10.0 Å². The Bertz CT molecular complexity index is 618. The predicted molar refractivity (Wildman–Crippen MR) is 79.8 cm³/mol. The SMILES string of the molecule is N#Cc1ccccc1CS(=O)(=O)N(CCCO)C1CCC1. The van der Waals surface area contributed by atoms with Gasteiger partial charge >= 0.3 is 0 Å². The van der Waals surface area contributed by atoms with Crippen molar-refractivity contribution in [2.24, 2.45) is 0 Å². The molecular weight excluding hydrogens is 288 g/mol. The summed E-state index contributed by atoms with van der Waals surface area (Å²) in [4.78, 5) is 0. The zero-order valence-corrected chi connectivity index (χ0v) is 12.7. The van der Waals surface area contributed by atoms with Gasteiger partial charge in [-0.3, -0.25) is 0 Å². The van der Waals surface area contributed by atoms with Crippen molar-refractivity contribution in [3.63, 3.8) is 0 Å². The van der Waals surface area contributed by atoms with Crippen molar-refractivity contribution in [2.45, 2.75) is 37.5 Å². The normalized spacial score (nSPS) is 15.7. The molecule has 2 rings (SSSR count). The van der Waals surface area contributed by atoms with Crippen molar-refractivity contribution in [1.82, 2.24) is 4.31 Å². The molecule has 1 aromatic carbocycles. The fourth-order valence-corrected chi connectivity index (χ4v) is 4.37. The number of aliphatic hydroxyl groups is 1. The molecule has 5 nitrogen and oxygen atoms in total. The molecule has 0 aliphatic heterocycles. The molecule has 1 saturated carbocycles. The van der Waals surface area contributed by atoms with E-state index >= 15 is 0 Å². The molecule has 1 aromatic rings. The highest BCUT2D eigenvalue weighted by Crippen LogP contribution is 2.28. The molecule has 21 heavy (non-hydrogen) atoms. The van der Waals surface area contributed by atoms with Crippen molar-refractivity contribution in [3.8, 4) is 6.07 Å². The largest absolute Gasteiger partial charge is 0.396 e. The monoisotopic (exact) mass is 308 g/mol. The summed E-state index contributed by atoms with van der Waals surface area (Å²) in [5, 5.41) is 18.0. The Hall–Kier alpha value is -1.42. The van der Waals surface area contributed by atoms with Gasteiger partial charge in [-0.15, -0.1) is 0 Å². The molecule has 0 saturated heterocycles. The van der Waals surface area contributed by atoms with Crippen LogP contribution in [0.3, 0.4) is 0 Å². The average Bonchev–Trinajstić information content (AvgIpc) is 2.41. The van der Waals surface area contributed by atoms with Crippen LogP contribution < -0.4 is 0 Å². The molecule has 0 bridgehead atoms. The number of nitriles is 1. The highest BCUT2D eigenvalue weighted by molar-refractivity contribution is 7.88. The molecular formula is C15H20N2O3S. The smallest absolute Gasteiger partial charge is 0.218 e. The van der Waals surface area contributed by atoms with Gasteiger partial charge in [0.2, 0.25) is 10.0 Å². The highest BCUT2D eigenvalue weighted by Gasteiger charge is 2.33. The Balaban J connectivity index is 2.20. The van der Waals surface area contributed by atoms with Gasteiger partial charge in [0, 0.05) is 19.2 Å². The number of nitrogens with zero attached hydrogens (tertiary/aromatic N) is 2. The van der Waals surface area contributed by atoms with Crippen LogP contribution in [0.15, 0.2) is 24.3 Å². The number of hydrogen-bond donors (Lipinski definition) is 1. The van der Waals surface area contributed by atoms with Crippen LogP contribution in [-0.2, 0) is 15.8 Å². The van der Waals surface area contributed by atoms with Gasteiger partial charge in [-0.2, -0.15) is 9.57 Å². The van der Waals surface area contributed by atoms with E-state index in [0.717, 1.165) is 19.3 Å². The second-order valence-electron chi connectivity index (χ2n) is 5.30. The first-order chi connectivity index (χ1) is 10.1. The second-order valence-corrected chi connectivity index (χ2v) is 7.22. The fourth-order valence-electron chi connectivity index (χ4n) is 2.48. The molecule has 0 unspecified atom stereocenters. The lowest BCUT2D eigenvalue weighted by Gasteiger charge is -2.36. The summed E-state index contributed by atoms with van der Waals surface area (Å²) in [5.74, 6) is -0.154. The summed E-state index contributed by atoms with van der Waals surface area (Å²) in [6, 6.07) is 8.87. The van der Waals surface area contributed by atoms with Gasteiger partial charge in [-0.1, -0.05) is 24.6 Å². The summed E-state index contributed by atoms with van der Waals surface area (Å²) in [5.41, 5.74) is 0.935. The van der Waals surface area contributed by atoms with E-state index in [0.29, 0.717) is 24.1 Å². The van der Waals surface area contributed by atoms with Crippen molar-refractivity contribution in [3.05, 3.63) is 35.4 Å². The van der Waals surface area contributed by atoms with E-state index in [2.05, 4.69) is 0 Å². The highest BCUT2D eigenvalue weighted by atomic mass is 32.2. The van der Waals surface area contributed by atoms with Gasteiger partial charge in [-0.05, 0) is 30.9 Å². The van der Waals surface area contributed by atoms with Crippen molar-refractivity contribution in [2.75, 3.05) is 13.2 Å². The summed E-state index contributed by atoms with van der Waals surface area (Å²) in [6.45, 7) is 0.325. The van der Waals surface area contributed by atoms with Gasteiger partial charge in [0.05, 0.1) is 17.4 Å². The molecule has 0 amide bonds. The van der Waals surface area contributed by atoms with E-state index in [-0.39, 0.29) is 18.4 Å². The maximum absolute atomic E-state index is 12.6. The van der Waals surface area contributed by atoms with E-state index in [1.165, 1.54) is 4.31 Å². The van der Waals surface area contributed by atoms with E-state index in [9.17, 15) is 8.42 Å². The number of rotatable bonds is 7. The first kappa shape index (κ1) is 16.0. The lowest BCUT2D eigenvalue weighted by molar-refractivity contribution is 0.198. The molecule has 1 aliphatic carbocycles. The van der Waals surface area contributed by atoms with E-state index in [1.807, 2.05) is 6.07 Å². The third kappa shape index (κ3) is 3.82. The van der Waals surface area contributed by atoms with Crippen LogP contribution >= 0.6 is 0 Å². The third-order valence-electron chi connectivity index (χ3n) is 3.85. The topological polar surface area (TPSA) is 81.4 Å². The second kappa shape index (κ2) is 7.03. The molecule has 0 spiro atoms. The molecule has 1 aliphatic rings. The van der Waals surface area contributed by atoms with E-state index in [4.69, 9.17) is 10.4 Å². The van der Waals surface area contributed by atoms with Crippen LogP contribution in [0.2, 0.25) is 0 Å². The Morgan fingerprint density at radius 2 is 2.05 bits per heavy atom. The molecule has 0 aromatic heterocycles. The van der Waals surface area contributed by atoms with Gasteiger partial charge in [-0.25, -0.2) is 8.42 Å². The van der Waals surface area contributed by atoms with Crippen LogP contribution in [0.5, 0.6) is 0 Å². The van der Waals surface area contributed by atoms with Crippen LogP contribution in [0.1, 0.15) is 36.8 Å². The number of sulfonamides is 1. The Kier molecular flexibility index (Phi) is 5.34. The zero-order chi connectivity index (χ0) is 15.3. The minimum absolute atomic E-state index is 0.0203. The van der Waals surface area contributed by atoms with Crippen molar-refractivity contribution in [1.29, 1.82) is 5.26 Å². The van der Waals surface area contributed by atoms with Crippen LogP contribution in [0.25, 0.3) is 0 Å². The maximum Gasteiger partial charge on any atom is 0.218 e. The lowest BCUT2D eigenvalue weighted by atomic mass is 9.93. The predicted octanol–water partition coefficient (Wildman–Crippen LogP) is 1.62. The number of hydrogen-bond acceptors (Lipinski definition) is 4. The van der Waals surface area contributed by atoms with Gasteiger partial charge in [0.15, 0.2) is 0 Å². The molecule has 6 heteroatoms. The lowest BCUT2D eigenvalue weighted by Crippen LogP contribution is -2.45. The third-order valence-corrected chi connectivity index (χ3v) is 5.72. The standard InChI is InChI=1S/C15H20N2O3S/c16-11-13-5-1-2-6-14(13)12-21(19,20)17(9-4-10-18)15-7-3-8-15/h1-2,5-6,15,18H,3-4,7-10,12H2. The van der Waals surface area contributed by atoms with E-state index in [1.54, 1.807) is 24.3 Å². The fraction of sp³-hybridized carbons (Fsp3) is 0.533. The zero-order valence-electron chi connectivity index (χ0n) is 11.9. The summed E-state index contributed by atoms with van der Waals surface area (Å²) >= 11 is 0. The average molecular weight is 308 g/mol. The van der Waals surface area contributed by atoms with Crippen LogP contribution in [0, 0.1) is 11.3 Å².